The van der Waals surface area contributed by atoms with Crippen LogP contribution < -0.4 is 5.56 Å². The third-order valence-corrected chi connectivity index (χ3v) is 5.33. The van der Waals surface area contributed by atoms with Gasteiger partial charge in [0.2, 0.25) is 5.91 Å². The van der Waals surface area contributed by atoms with Gasteiger partial charge in [0.25, 0.3) is 5.56 Å². The first-order valence-electron chi connectivity index (χ1n) is 8.55. The predicted octanol–water partition coefficient (Wildman–Crippen LogP) is 1.84. The van der Waals surface area contributed by atoms with Gasteiger partial charge in [-0.3, -0.25) is 18.9 Å². The first-order chi connectivity index (χ1) is 11.6. The summed E-state index contributed by atoms with van der Waals surface area (Å²) in [5, 5.41) is 1.87. The van der Waals surface area contributed by atoms with Crippen molar-refractivity contribution in [3.05, 3.63) is 33.7 Å². The van der Waals surface area contributed by atoms with Crippen molar-refractivity contribution in [3.63, 3.8) is 0 Å². The molecule has 1 atom stereocenters. The second-order valence-electron chi connectivity index (χ2n) is 6.43. The number of hydrogen-bond acceptors (Lipinski definition) is 5. The Hall–Kier alpha value is -1.73. The largest absolute Gasteiger partial charge is 0.340 e. The molecule has 1 aliphatic rings. The van der Waals surface area contributed by atoms with Gasteiger partial charge in [-0.2, -0.15) is 0 Å². The highest BCUT2D eigenvalue weighted by molar-refractivity contribution is 7.15. The molecule has 0 bridgehead atoms. The molecule has 1 aliphatic heterocycles. The fourth-order valence-electron chi connectivity index (χ4n) is 3.19. The van der Waals surface area contributed by atoms with Crippen molar-refractivity contribution in [2.24, 2.45) is 5.92 Å². The first-order valence-corrected chi connectivity index (χ1v) is 9.43. The molecule has 0 saturated carbocycles. The molecule has 0 spiro atoms. The summed E-state index contributed by atoms with van der Waals surface area (Å²) in [5.41, 5.74) is 0.778. The highest BCUT2D eigenvalue weighted by Crippen LogP contribution is 2.14. The molecule has 1 saturated heterocycles. The van der Waals surface area contributed by atoms with Gasteiger partial charge in [0.15, 0.2) is 4.96 Å². The van der Waals surface area contributed by atoms with Crippen LogP contribution in [0.5, 0.6) is 0 Å². The van der Waals surface area contributed by atoms with Crippen LogP contribution in [0.25, 0.3) is 4.96 Å². The van der Waals surface area contributed by atoms with Crippen LogP contribution in [-0.4, -0.2) is 51.3 Å². The van der Waals surface area contributed by atoms with Crippen LogP contribution in [0, 0.1) is 5.92 Å². The molecule has 3 rings (SSSR count). The van der Waals surface area contributed by atoms with Crippen LogP contribution in [0.2, 0.25) is 0 Å². The average molecular weight is 348 g/mol. The second-order valence-corrected chi connectivity index (χ2v) is 7.31. The molecular weight excluding hydrogens is 324 g/mol. The van der Waals surface area contributed by atoms with Crippen molar-refractivity contribution < 1.29 is 4.79 Å². The van der Waals surface area contributed by atoms with Crippen LogP contribution in [0.3, 0.4) is 0 Å². The van der Waals surface area contributed by atoms with Crippen molar-refractivity contribution in [2.75, 3.05) is 26.2 Å². The fourth-order valence-corrected chi connectivity index (χ4v) is 3.93. The summed E-state index contributed by atoms with van der Waals surface area (Å²) >= 11 is 1.47. The molecule has 1 fully saturated rings. The van der Waals surface area contributed by atoms with Crippen LogP contribution in [0.4, 0.5) is 0 Å². The van der Waals surface area contributed by atoms with Crippen molar-refractivity contribution in [2.45, 2.75) is 33.2 Å². The van der Waals surface area contributed by atoms with E-state index in [1.54, 1.807) is 16.7 Å². The van der Waals surface area contributed by atoms with Crippen LogP contribution >= 0.6 is 11.3 Å². The van der Waals surface area contributed by atoms with Gasteiger partial charge in [-0.25, -0.2) is 4.98 Å². The van der Waals surface area contributed by atoms with E-state index >= 15 is 0 Å². The van der Waals surface area contributed by atoms with Crippen molar-refractivity contribution in [1.82, 2.24) is 19.2 Å². The molecule has 24 heavy (non-hydrogen) atoms. The molecule has 3 heterocycles. The summed E-state index contributed by atoms with van der Waals surface area (Å²) in [6.07, 6.45) is 3.74. The number of nitrogens with zero attached hydrogens (tertiary/aromatic N) is 4. The number of carbonyl (C=O) groups is 1. The van der Waals surface area contributed by atoms with Gasteiger partial charge >= 0.3 is 0 Å². The molecular formula is C17H24N4O2S. The number of fused-ring (bicyclic) bond motifs is 1. The summed E-state index contributed by atoms with van der Waals surface area (Å²) in [6, 6.07) is 1.61. The molecule has 0 aliphatic carbocycles. The monoisotopic (exact) mass is 348 g/mol. The Labute approximate surface area is 145 Å². The summed E-state index contributed by atoms with van der Waals surface area (Å²) in [5.74, 6) is 0.386. The predicted molar refractivity (Wildman–Crippen MR) is 95.3 cm³/mol. The topological polar surface area (TPSA) is 57.9 Å². The van der Waals surface area contributed by atoms with Gasteiger partial charge in [-0.15, -0.1) is 11.3 Å². The Kier molecular flexibility index (Phi) is 5.30. The number of thiazole rings is 1. The smallest absolute Gasteiger partial charge is 0.258 e. The van der Waals surface area contributed by atoms with E-state index in [0.29, 0.717) is 6.54 Å². The maximum Gasteiger partial charge on any atom is 0.258 e. The van der Waals surface area contributed by atoms with E-state index < -0.39 is 0 Å². The third-order valence-electron chi connectivity index (χ3n) is 4.57. The van der Waals surface area contributed by atoms with Crippen molar-refractivity contribution >= 4 is 22.2 Å². The lowest BCUT2D eigenvalue weighted by atomic mass is 10.0. The molecule has 0 radical (unpaired) electrons. The lowest BCUT2D eigenvalue weighted by Gasteiger charge is -2.35. The number of aromatic nitrogens is 2. The van der Waals surface area contributed by atoms with Gasteiger partial charge in [-0.1, -0.05) is 20.3 Å². The highest BCUT2D eigenvalue weighted by atomic mass is 32.1. The molecule has 2 aromatic heterocycles. The molecule has 0 aromatic carbocycles. The van der Waals surface area contributed by atoms with Gasteiger partial charge < -0.3 is 4.90 Å². The minimum atomic E-state index is -0.0292. The molecule has 7 heteroatoms. The molecule has 1 unspecified atom stereocenters. The third kappa shape index (κ3) is 3.67. The van der Waals surface area contributed by atoms with E-state index in [1.165, 1.54) is 11.3 Å². The van der Waals surface area contributed by atoms with Gasteiger partial charge in [0.1, 0.15) is 0 Å². The summed E-state index contributed by atoms with van der Waals surface area (Å²) in [7, 11) is 0. The standard InChI is InChI=1S/C17H24N4O2S/c1-3-4-13(2)16(23)20-7-5-19(6-8-20)12-14-11-15(22)21-9-10-24-17(21)18-14/h9-11,13H,3-8,12H2,1-2H3. The molecule has 130 valence electrons. The zero-order valence-electron chi connectivity index (χ0n) is 14.3. The maximum atomic E-state index is 12.4. The average Bonchev–Trinajstić information content (AvgIpc) is 3.04. The minimum Gasteiger partial charge on any atom is -0.340 e. The molecule has 2 aromatic rings. The Bertz CT molecular complexity index is 761. The minimum absolute atomic E-state index is 0.0292. The second kappa shape index (κ2) is 7.44. The number of hydrogen-bond donors (Lipinski definition) is 0. The summed E-state index contributed by atoms with van der Waals surface area (Å²) < 4.78 is 1.57. The van der Waals surface area contributed by atoms with Gasteiger partial charge in [0, 0.05) is 56.3 Å². The summed E-state index contributed by atoms with van der Waals surface area (Å²) in [6.45, 7) is 7.97. The van der Waals surface area contributed by atoms with E-state index in [0.717, 1.165) is 49.7 Å². The zero-order chi connectivity index (χ0) is 17.1. The fraction of sp³-hybridized carbons (Fsp3) is 0.588. The first kappa shape index (κ1) is 17.1. The summed E-state index contributed by atoms with van der Waals surface area (Å²) in [4.78, 5) is 33.9. The Morgan fingerprint density at radius 3 is 2.79 bits per heavy atom. The lowest BCUT2D eigenvalue weighted by Crippen LogP contribution is -2.49. The normalized spacial score (nSPS) is 17.3. The van der Waals surface area contributed by atoms with Crippen LogP contribution in [0.1, 0.15) is 32.4 Å². The number of amides is 1. The van der Waals surface area contributed by atoms with Gasteiger partial charge in [-0.05, 0) is 6.42 Å². The van der Waals surface area contributed by atoms with E-state index in [9.17, 15) is 9.59 Å². The van der Waals surface area contributed by atoms with E-state index in [4.69, 9.17) is 0 Å². The number of carbonyl (C=O) groups excluding carboxylic acids is 1. The Morgan fingerprint density at radius 1 is 1.33 bits per heavy atom. The van der Waals surface area contributed by atoms with Crippen LogP contribution in [0.15, 0.2) is 22.4 Å². The zero-order valence-corrected chi connectivity index (χ0v) is 15.1. The van der Waals surface area contributed by atoms with Crippen molar-refractivity contribution in [3.8, 4) is 0 Å². The Balaban J connectivity index is 1.58. The van der Waals surface area contributed by atoms with E-state index in [-0.39, 0.29) is 17.4 Å². The number of piperazine rings is 1. The quantitative estimate of drug-likeness (QED) is 0.827. The van der Waals surface area contributed by atoms with Crippen molar-refractivity contribution in [1.29, 1.82) is 0 Å². The highest BCUT2D eigenvalue weighted by Gasteiger charge is 2.24. The van der Waals surface area contributed by atoms with Gasteiger partial charge in [0.05, 0.1) is 5.69 Å². The molecule has 6 nitrogen and oxygen atoms in total. The van der Waals surface area contributed by atoms with E-state index in [1.807, 2.05) is 17.2 Å². The number of rotatable bonds is 5. The molecule has 0 N–H and O–H groups in total. The van der Waals surface area contributed by atoms with Crippen LogP contribution in [-0.2, 0) is 11.3 Å². The van der Waals surface area contributed by atoms with E-state index in [2.05, 4.69) is 16.8 Å². The Morgan fingerprint density at radius 2 is 2.08 bits per heavy atom. The SMILES string of the molecule is CCCC(C)C(=O)N1CCN(Cc2cc(=O)n3ccsc3n2)CC1. The maximum absolute atomic E-state index is 12.4. The lowest BCUT2D eigenvalue weighted by molar-refractivity contribution is -0.137. The molecule has 1 amide bonds.